The summed E-state index contributed by atoms with van der Waals surface area (Å²) in [6.07, 6.45) is 3.17. The van der Waals surface area contributed by atoms with Crippen molar-refractivity contribution in [1.29, 1.82) is 0 Å². The normalized spacial score (nSPS) is 11.1. The van der Waals surface area contributed by atoms with Crippen molar-refractivity contribution < 1.29 is 14.1 Å². The number of esters is 1. The minimum atomic E-state index is -0.511. The smallest absolute Gasteiger partial charge is 0.342 e. The molecule has 0 aliphatic heterocycles. The van der Waals surface area contributed by atoms with E-state index in [0.717, 1.165) is 15.7 Å². The van der Waals surface area contributed by atoms with Gasteiger partial charge >= 0.3 is 5.97 Å². The highest BCUT2D eigenvalue weighted by atomic mass is 79.9. The van der Waals surface area contributed by atoms with Gasteiger partial charge in [0.05, 0.1) is 11.9 Å². The molecular formula is C21H18BrN5O3. The van der Waals surface area contributed by atoms with Crippen molar-refractivity contribution in [3.05, 3.63) is 76.5 Å². The zero-order valence-electron chi connectivity index (χ0n) is 16.3. The molecule has 1 aromatic carbocycles. The first-order valence-electron chi connectivity index (χ1n) is 9.28. The van der Waals surface area contributed by atoms with Crippen LogP contribution in [0.1, 0.15) is 41.7 Å². The fourth-order valence-electron chi connectivity index (χ4n) is 3.00. The molecule has 0 aliphatic carbocycles. The third-order valence-corrected chi connectivity index (χ3v) is 4.81. The van der Waals surface area contributed by atoms with Gasteiger partial charge < -0.3 is 9.26 Å². The zero-order chi connectivity index (χ0) is 21.1. The topological polar surface area (TPSA) is 95.9 Å². The van der Waals surface area contributed by atoms with Crippen LogP contribution >= 0.6 is 15.9 Å². The lowest BCUT2D eigenvalue weighted by molar-refractivity contribution is 0.0428. The predicted octanol–water partition coefficient (Wildman–Crippen LogP) is 4.56. The number of halogens is 1. The van der Waals surface area contributed by atoms with Crippen molar-refractivity contribution in [3.8, 4) is 17.2 Å². The molecule has 0 spiro atoms. The molecule has 4 rings (SSSR count). The molecule has 3 aromatic heterocycles. The highest BCUT2D eigenvalue weighted by Crippen LogP contribution is 2.24. The van der Waals surface area contributed by atoms with Crippen molar-refractivity contribution >= 4 is 21.9 Å². The largest absolute Gasteiger partial charge is 0.452 e. The number of rotatable bonds is 6. The molecule has 0 radical (unpaired) electrons. The molecular weight excluding hydrogens is 450 g/mol. The number of hydrogen-bond acceptors (Lipinski definition) is 7. The minimum Gasteiger partial charge on any atom is -0.452 e. The number of pyridine rings is 1. The molecule has 0 N–H and O–H groups in total. The van der Waals surface area contributed by atoms with Gasteiger partial charge in [0, 0.05) is 16.2 Å². The van der Waals surface area contributed by atoms with E-state index in [2.05, 4.69) is 36.2 Å². The average Bonchev–Trinajstić information content (AvgIpc) is 3.40. The van der Waals surface area contributed by atoms with E-state index in [-0.39, 0.29) is 18.4 Å². The second kappa shape index (κ2) is 8.58. The van der Waals surface area contributed by atoms with Crippen LogP contribution in [0.25, 0.3) is 17.2 Å². The van der Waals surface area contributed by atoms with E-state index in [1.54, 1.807) is 10.9 Å². The Kier molecular flexibility index (Phi) is 5.71. The molecule has 0 saturated carbocycles. The lowest BCUT2D eigenvalue weighted by Gasteiger charge is -2.11. The Balaban J connectivity index is 1.51. The van der Waals surface area contributed by atoms with Gasteiger partial charge in [-0.25, -0.2) is 14.5 Å². The van der Waals surface area contributed by atoms with E-state index in [1.807, 2.05) is 56.3 Å². The Hall–Kier alpha value is -3.33. The van der Waals surface area contributed by atoms with E-state index in [0.29, 0.717) is 17.2 Å². The van der Waals surface area contributed by atoms with E-state index < -0.39 is 5.97 Å². The first-order chi connectivity index (χ1) is 14.5. The lowest BCUT2D eigenvalue weighted by Crippen LogP contribution is -2.11. The molecule has 0 bridgehead atoms. The quantitative estimate of drug-likeness (QED) is 0.383. The highest BCUT2D eigenvalue weighted by Gasteiger charge is 2.23. The van der Waals surface area contributed by atoms with Gasteiger partial charge in [0.25, 0.3) is 5.89 Å². The third-order valence-electron chi connectivity index (χ3n) is 4.32. The molecule has 0 amide bonds. The maximum Gasteiger partial charge on any atom is 0.342 e. The number of ether oxygens (including phenoxy) is 1. The fourth-order valence-corrected chi connectivity index (χ4v) is 3.39. The summed E-state index contributed by atoms with van der Waals surface area (Å²) in [4.78, 5) is 21.3. The average molecular weight is 468 g/mol. The SMILES string of the molecule is CC(C)c1c(C(=O)OCc2nc(-c3cccc(Br)c3)no2)cnn1-c1ccccn1. The Bertz CT molecular complexity index is 1170. The van der Waals surface area contributed by atoms with Gasteiger partial charge in [-0.05, 0) is 30.2 Å². The molecule has 0 aliphatic rings. The zero-order valence-corrected chi connectivity index (χ0v) is 17.9. The van der Waals surface area contributed by atoms with Gasteiger partial charge in [0.1, 0.15) is 5.56 Å². The van der Waals surface area contributed by atoms with Crippen molar-refractivity contribution in [3.63, 3.8) is 0 Å². The van der Waals surface area contributed by atoms with Gasteiger partial charge in [-0.1, -0.05) is 53.1 Å². The van der Waals surface area contributed by atoms with Gasteiger partial charge in [0.2, 0.25) is 5.82 Å². The third kappa shape index (κ3) is 4.16. The van der Waals surface area contributed by atoms with Crippen molar-refractivity contribution in [2.24, 2.45) is 0 Å². The summed E-state index contributed by atoms with van der Waals surface area (Å²) >= 11 is 3.41. The Morgan fingerprint density at radius 1 is 1.23 bits per heavy atom. The summed E-state index contributed by atoms with van der Waals surface area (Å²) in [6, 6.07) is 13.0. The summed E-state index contributed by atoms with van der Waals surface area (Å²) in [7, 11) is 0. The van der Waals surface area contributed by atoms with Crippen LogP contribution in [0, 0.1) is 0 Å². The molecule has 9 heteroatoms. The van der Waals surface area contributed by atoms with Crippen LogP contribution in [-0.4, -0.2) is 30.9 Å². The number of nitrogens with zero attached hydrogens (tertiary/aromatic N) is 5. The number of carbonyl (C=O) groups excluding carboxylic acids is 1. The number of benzene rings is 1. The van der Waals surface area contributed by atoms with Crippen LogP contribution in [0.2, 0.25) is 0 Å². The van der Waals surface area contributed by atoms with Gasteiger partial charge in [-0.15, -0.1) is 0 Å². The summed E-state index contributed by atoms with van der Waals surface area (Å²) in [5.41, 5.74) is 1.89. The molecule has 0 atom stereocenters. The molecule has 0 saturated heterocycles. The van der Waals surface area contributed by atoms with Crippen LogP contribution in [0.5, 0.6) is 0 Å². The molecule has 0 fully saturated rings. The molecule has 0 unspecified atom stereocenters. The Labute approximate surface area is 181 Å². The number of hydrogen-bond donors (Lipinski definition) is 0. The molecule has 4 aromatic rings. The van der Waals surface area contributed by atoms with Gasteiger partial charge in [0.15, 0.2) is 12.4 Å². The second-order valence-corrected chi connectivity index (χ2v) is 7.71. The van der Waals surface area contributed by atoms with Gasteiger partial charge in [-0.3, -0.25) is 0 Å². The molecule has 3 heterocycles. The van der Waals surface area contributed by atoms with E-state index in [9.17, 15) is 4.79 Å². The van der Waals surface area contributed by atoms with Crippen LogP contribution < -0.4 is 0 Å². The van der Waals surface area contributed by atoms with E-state index >= 15 is 0 Å². The first kappa shape index (κ1) is 20.0. The number of aromatic nitrogens is 5. The second-order valence-electron chi connectivity index (χ2n) is 6.80. The first-order valence-corrected chi connectivity index (χ1v) is 10.1. The standard InChI is InChI=1S/C21H18BrN5O3/c1-13(2)19-16(11-24-27(19)17-8-3-4-9-23-17)21(28)29-12-18-25-20(26-30-18)14-6-5-7-15(22)10-14/h3-11,13H,12H2,1-2H3. The lowest BCUT2D eigenvalue weighted by atomic mass is 10.1. The summed E-state index contributed by atoms with van der Waals surface area (Å²) < 4.78 is 13.2. The fraction of sp³-hybridized carbons (Fsp3) is 0.190. The molecule has 8 nitrogen and oxygen atoms in total. The minimum absolute atomic E-state index is 0.0311. The summed E-state index contributed by atoms with van der Waals surface area (Å²) in [6.45, 7) is 3.83. The molecule has 30 heavy (non-hydrogen) atoms. The van der Waals surface area contributed by atoms with E-state index in [4.69, 9.17) is 9.26 Å². The summed E-state index contributed by atoms with van der Waals surface area (Å²) in [5.74, 6) is 0.789. The van der Waals surface area contributed by atoms with Crippen LogP contribution in [0.15, 0.2) is 63.9 Å². The van der Waals surface area contributed by atoms with Crippen LogP contribution in [0.4, 0.5) is 0 Å². The van der Waals surface area contributed by atoms with Gasteiger partial charge in [-0.2, -0.15) is 10.1 Å². The predicted molar refractivity (Wildman–Crippen MR) is 112 cm³/mol. The van der Waals surface area contributed by atoms with Crippen molar-refractivity contribution in [1.82, 2.24) is 24.9 Å². The Morgan fingerprint density at radius 2 is 2.10 bits per heavy atom. The summed E-state index contributed by atoms with van der Waals surface area (Å²) in [5, 5.41) is 8.28. The van der Waals surface area contributed by atoms with Crippen molar-refractivity contribution in [2.75, 3.05) is 0 Å². The Morgan fingerprint density at radius 3 is 2.83 bits per heavy atom. The van der Waals surface area contributed by atoms with Crippen LogP contribution in [0.3, 0.4) is 0 Å². The monoisotopic (exact) mass is 467 g/mol. The van der Waals surface area contributed by atoms with E-state index in [1.165, 1.54) is 6.20 Å². The number of carbonyl (C=O) groups is 1. The van der Waals surface area contributed by atoms with Crippen molar-refractivity contribution in [2.45, 2.75) is 26.4 Å². The maximum absolute atomic E-state index is 12.7. The van der Waals surface area contributed by atoms with Crippen LogP contribution in [-0.2, 0) is 11.3 Å². The maximum atomic E-state index is 12.7. The molecule has 152 valence electrons. The highest BCUT2D eigenvalue weighted by molar-refractivity contribution is 9.10.